The van der Waals surface area contributed by atoms with Crippen LogP contribution in [0.3, 0.4) is 0 Å². The van der Waals surface area contributed by atoms with Gasteiger partial charge in [0.15, 0.2) is 9.84 Å². The van der Waals surface area contributed by atoms with Gasteiger partial charge in [-0.05, 0) is 12.8 Å². The number of carbonyl (C=O) groups excluding carboxylic acids is 2. The normalized spacial score (nSPS) is 16.6. The van der Waals surface area contributed by atoms with E-state index in [9.17, 15) is 132 Å². The van der Waals surface area contributed by atoms with Gasteiger partial charge in [-0.3, -0.25) is 9.59 Å². The molecule has 0 aromatic heterocycles. The van der Waals surface area contributed by atoms with Crippen molar-refractivity contribution in [2.75, 3.05) is 11.5 Å². The highest BCUT2D eigenvalue weighted by molar-refractivity contribution is 7.91. The largest absolute Gasteiger partial charge is 0.461 e. The Hall–Kier alpha value is -2.93. The lowest BCUT2D eigenvalue weighted by Gasteiger charge is -2.40. The van der Waals surface area contributed by atoms with Crippen molar-refractivity contribution in [3.8, 4) is 0 Å². The number of hydrogen-bond donors (Lipinski definition) is 0. The van der Waals surface area contributed by atoms with Crippen molar-refractivity contribution in [3.63, 3.8) is 0 Å². The molecular weight excluding hydrogens is 910 g/mol. The van der Waals surface area contributed by atoms with Gasteiger partial charge in [-0.25, -0.2) is 8.42 Å². The lowest BCUT2D eigenvalue weighted by molar-refractivity contribution is -0.440. The van der Waals surface area contributed by atoms with Gasteiger partial charge >= 0.3 is 83.5 Å². The fourth-order valence-corrected chi connectivity index (χ4v) is 5.80. The zero-order valence-electron chi connectivity index (χ0n) is 27.1. The molecule has 0 bridgehead atoms. The minimum atomic E-state index is -8.36. The Morgan fingerprint density at radius 3 is 0.807 bits per heavy atom. The molecule has 2 unspecified atom stereocenters. The number of rotatable bonds is 20. The minimum Gasteiger partial charge on any atom is -0.461 e. The molecule has 0 radical (unpaired) electrons. The first-order valence-electron chi connectivity index (χ1n) is 14.0. The predicted octanol–water partition coefficient (Wildman–Crippen LogP) is 9.30. The number of ether oxygens (including phenoxy) is 2. The van der Waals surface area contributed by atoms with Crippen LogP contribution < -0.4 is 0 Å². The van der Waals surface area contributed by atoms with Gasteiger partial charge in [0.05, 0.1) is 11.5 Å². The summed E-state index contributed by atoms with van der Waals surface area (Å²) in [5, 5.41) is 0. The van der Waals surface area contributed by atoms with Gasteiger partial charge < -0.3 is 9.47 Å². The second-order valence-electron chi connectivity index (χ2n) is 11.6. The van der Waals surface area contributed by atoms with E-state index in [1.807, 2.05) is 0 Å². The number of alkyl halides is 26. The smallest absolute Gasteiger partial charge is 0.460 e. The number of carbonyl (C=O) groups is 2. The number of sulfone groups is 1. The maximum atomic E-state index is 14.2. The zero-order valence-corrected chi connectivity index (χ0v) is 27.9. The highest BCUT2D eigenvalue weighted by Crippen LogP contribution is 2.62. The van der Waals surface area contributed by atoms with Crippen molar-refractivity contribution >= 4 is 21.8 Å². The topological polar surface area (TPSA) is 86.7 Å². The quantitative estimate of drug-likeness (QED) is 0.0895. The van der Waals surface area contributed by atoms with Crippen molar-refractivity contribution in [1.82, 2.24) is 0 Å². The summed E-state index contributed by atoms with van der Waals surface area (Å²) in [6.45, 7) is 0.433. The summed E-state index contributed by atoms with van der Waals surface area (Å²) < 4.78 is 381. The Labute approximate surface area is 299 Å². The summed E-state index contributed by atoms with van der Waals surface area (Å²) in [7, 11) is -5.66. The molecule has 0 rings (SSSR count). The lowest BCUT2D eigenvalue weighted by atomic mass is 9.91. The van der Waals surface area contributed by atoms with Crippen LogP contribution in [0.2, 0.25) is 0 Å². The van der Waals surface area contributed by atoms with E-state index in [0.717, 1.165) is 0 Å². The van der Waals surface area contributed by atoms with Crippen LogP contribution in [0.4, 0.5) is 114 Å². The molecule has 0 aliphatic rings. The maximum Gasteiger partial charge on any atom is 0.460 e. The van der Waals surface area contributed by atoms with Crippen LogP contribution in [0.1, 0.15) is 39.5 Å². The van der Waals surface area contributed by atoms with Crippen LogP contribution in [-0.4, -0.2) is 116 Å². The molecule has 0 aromatic rings. The maximum absolute atomic E-state index is 14.2. The van der Waals surface area contributed by atoms with Gasteiger partial charge in [0.2, 0.25) is 0 Å². The molecule has 0 saturated carbocycles. The average Bonchev–Trinajstić information content (AvgIpc) is 2.95. The molecule has 0 saturated heterocycles. The summed E-state index contributed by atoms with van der Waals surface area (Å²) in [6.07, 6.45) is -32.6. The summed E-state index contributed by atoms with van der Waals surface area (Å²) in [5.74, 6) is -87.4. The molecule has 340 valence electrons. The Morgan fingerprint density at radius 1 is 0.404 bits per heavy atom. The second-order valence-corrected chi connectivity index (χ2v) is 13.8. The lowest BCUT2D eigenvalue weighted by Crippen LogP contribution is -2.70. The van der Waals surface area contributed by atoms with Gasteiger partial charge in [0, 0.05) is 26.7 Å². The van der Waals surface area contributed by atoms with E-state index in [1.54, 1.807) is 0 Å². The molecule has 6 nitrogen and oxygen atoms in total. The fraction of sp³-hybridized carbons (Fsp3) is 0.917. The molecule has 2 atom stereocenters. The van der Waals surface area contributed by atoms with Gasteiger partial charge in [-0.15, -0.1) is 0 Å². The third-order valence-corrected chi connectivity index (χ3v) is 8.86. The molecule has 0 aliphatic carbocycles. The van der Waals surface area contributed by atoms with Crippen molar-refractivity contribution in [1.29, 1.82) is 0 Å². The number of esters is 2. The third-order valence-electron chi connectivity index (χ3n) is 7.10. The second kappa shape index (κ2) is 15.9. The molecule has 57 heavy (non-hydrogen) atoms. The molecule has 0 N–H and O–H groups in total. The van der Waals surface area contributed by atoms with Crippen molar-refractivity contribution in [2.24, 2.45) is 0 Å². The van der Waals surface area contributed by atoms with E-state index in [0.29, 0.717) is 0 Å². The van der Waals surface area contributed by atoms with Crippen LogP contribution in [-0.2, 0) is 28.9 Å². The Balaban J connectivity index is 6.52. The summed E-state index contributed by atoms with van der Waals surface area (Å²) in [5.41, 5.74) is 0. The van der Waals surface area contributed by atoms with Crippen molar-refractivity contribution < 1.29 is 142 Å². The first kappa shape index (κ1) is 54.1. The van der Waals surface area contributed by atoms with Crippen LogP contribution in [0, 0.1) is 0 Å². The number of hydrogen-bond acceptors (Lipinski definition) is 6. The van der Waals surface area contributed by atoms with Gasteiger partial charge in [-0.2, -0.15) is 114 Å². The zero-order chi connectivity index (χ0) is 46.5. The standard InChI is InChI=1S/C24H20F26O6S/c1-9(51)55-11(3-5-13(25,26)15(29,30)17(33,34)19(37,38)21(41,42)23(45,46)47)7-57(53,54)8-12(56-10(2)52)4-6-14(27,28)16(31,32)18(35,36)20(39,40)22(43,44)24(48,49)50/h11-12H,3-8H2,1-2H3. The van der Waals surface area contributed by atoms with Crippen molar-refractivity contribution in [2.45, 2.75) is 123 Å². The van der Waals surface area contributed by atoms with Crippen LogP contribution in [0.15, 0.2) is 0 Å². The highest BCUT2D eigenvalue weighted by Gasteiger charge is 2.92. The van der Waals surface area contributed by atoms with E-state index < -0.39 is 143 Å². The number of halogens is 26. The van der Waals surface area contributed by atoms with Crippen LogP contribution in [0.5, 0.6) is 0 Å². The van der Waals surface area contributed by atoms with E-state index in [-0.39, 0.29) is 13.8 Å². The van der Waals surface area contributed by atoms with Crippen molar-refractivity contribution in [3.05, 3.63) is 0 Å². The van der Waals surface area contributed by atoms with E-state index in [4.69, 9.17) is 0 Å². The molecule has 0 amide bonds. The molecule has 0 heterocycles. The Morgan fingerprint density at radius 2 is 0.614 bits per heavy atom. The highest BCUT2D eigenvalue weighted by atomic mass is 32.2. The van der Waals surface area contributed by atoms with Crippen LogP contribution >= 0.6 is 0 Å². The minimum absolute atomic E-state index is 0.216. The Kier molecular flexibility index (Phi) is 15.1. The third kappa shape index (κ3) is 10.1. The molecule has 33 heteroatoms. The predicted molar refractivity (Wildman–Crippen MR) is 130 cm³/mol. The molecule has 0 fully saturated rings. The molecule has 0 aromatic carbocycles. The monoisotopic (exact) mass is 930 g/mol. The van der Waals surface area contributed by atoms with Gasteiger partial charge in [0.1, 0.15) is 12.2 Å². The van der Waals surface area contributed by atoms with Crippen LogP contribution in [0.25, 0.3) is 0 Å². The average molecular weight is 930 g/mol. The van der Waals surface area contributed by atoms with E-state index in [2.05, 4.69) is 9.47 Å². The van der Waals surface area contributed by atoms with E-state index >= 15 is 0 Å². The fourth-order valence-electron chi connectivity index (χ4n) is 4.06. The van der Waals surface area contributed by atoms with E-state index in [1.165, 1.54) is 0 Å². The summed E-state index contributed by atoms with van der Waals surface area (Å²) in [6, 6.07) is 0. The summed E-state index contributed by atoms with van der Waals surface area (Å²) in [4.78, 5) is 22.6. The molecule has 0 spiro atoms. The van der Waals surface area contributed by atoms with Gasteiger partial charge in [-0.1, -0.05) is 0 Å². The molecular formula is C24H20F26O6S. The summed E-state index contributed by atoms with van der Waals surface area (Å²) >= 11 is 0. The Bertz CT molecular complexity index is 1430. The first-order chi connectivity index (χ1) is 24.5. The first-order valence-corrected chi connectivity index (χ1v) is 15.8. The SMILES string of the molecule is CC(=O)OC(CCC(F)(F)C(F)(F)C(F)(F)C(F)(F)C(F)(F)C(F)(F)F)CS(=O)(=O)CC(CCC(F)(F)C(F)(F)C(F)(F)C(F)(F)C(F)(F)C(F)(F)F)OC(C)=O. The van der Waals surface area contributed by atoms with Gasteiger partial charge in [0.25, 0.3) is 0 Å². The molecule has 0 aliphatic heterocycles.